The van der Waals surface area contributed by atoms with Crippen LogP contribution in [0.5, 0.6) is 0 Å². The van der Waals surface area contributed by atoms with Crippen LogP contribution in [0.25, 0.3) is 11.1 Å². The Morgan fingerprint density at radius 1 is 1.09 bits per heavy atom. The third-order valence-electron chi connectivity index (χ3n) is 5.60. The molecule has 9 heteroatoms. The lowest BCUT2D eigenvalue weighted by molar-refractivity contribution is -0.140. The van der Waals surface area contributed by atoms with E-state index in [1.165, 1.54) is 9.47 Å². The molecule has 2 heterocycles. The van der Waals surface area contributed by atoms with Crippen molar-refractivity contribution in [1.82, 2.24) is 9.47 Å². The van der Waals surface area contributed by atoms with Crippen LogP contribution in [0.2, 0.25) is 0 Å². The van der Waals surface area contributed by atoms with E-state index >= 15 is 0 Å². The summed E-state index contributed by atoms with van der Waals surface area (Å²) in [5.74, 6) is -2.73. The number of oxazole rings is 1. The minimum Gasteiger partial charge on any atom is -0.408 e. The highest BCUT2D eigenvalue weighted by atomic mass is 19.1. The summed E-state index contributed by atoms with van der Waals surface area (Å²) in [7, 11) is 0. The average molecular weight is 443 g/mol. The van der Waals surface area contributed by atoms with Crippen molar-refractivity contribution in [3.8, 4) is 0 Å². The maximum absolute atomic E-state index is 13.4. The van der Waals surface area contributed by atoms with Gasteiger partial charge in [0.05, 0.1) is 5.52 Å². The molecule has 1 saturated heterocycles. The van der Waals surface area contributed by atoms with E-state index in [1.807, 2.05) is 0 Å². The van der Waals surface area contributed by atoms with E-state index in [2.05, 4.69) is 5.32 Å². The molecule has 0 bridgehead atoms. The van der Waals surface area contributed by atoms with E-state index in [-0.39, 0.29) is 18.0 Å². The topological polar surface area (TPSA) is 84.5 Å². The van der Waals surface area contributed by atoms with Crippen molar-refractivity contribution >= 4 is 28.6 Å². The van der Waals surface area contributed by atoms with Gasteiger partial charge in [-0.3, -0.25) is 14.2 Å². The molecule has 2 amide bonds. The number of hydrogen-bond acceptors (Lipinski definition) is 4. The van der Waals surface area contributed by atoms with E-state index in [1.54, 1.807) is 24.3 Å². The van der Waals surface area contributed by atoms with E-state index < -0.39 is 29.3 Å². The lowest BCUT2D eigenvalue weighted by atomic mass is 10.0. The van der Waals surface area contributed by atoms with Crippen molar-refractivity contribution < 1.29 is 22.8 Å². The summed E-state index contributed by atoms with van der Waals surface area (Å²) in [5.41, 5.74) is 1.17. The molecule has 0 spiro atoms. The number of carbonyl (C=O) groups excluding carboxylic acids is 2. The molecule has 1 aromatic heterocycles. The highest BCUT2D eigenvalue weighted by Crippen LogP contribution is 2.21. The normalized spacial score (nSPS) is 16.3. The molecule has 1 atom stereocenters. The number of carbonyl (C=O) groups is 2. The van der Waals surface area contributed by atoms with Gasteiger partial charge in [0, 0.05) is 31.3 Å². The van der Waals surface area contributed by atoms with Crippen LogP contribution in [-0.4, -0.2) is 33.9 Å². The van der Waals surface area contributed by atoms with Crippen molar-refractivity contribution in [1.29, 1.82) is 0 Å². The molecule has 1 N–H and O–H groups in total. The second-order valence-electron chi connectivity index (χ2n) is 7.84. The summed E-state index contributed by atoms with van der Waals surface area (Å²) >= 11 is 0. The Morgan fingerprint density at radius 2 is 1.84 bits per heavy atom. The number of piperidine rings is 1. The molecule has 1 aliphatic rings. The summed E-state index contributed by atoms with van der Waals surface area (Å²) < 4.78 is 33.5. The van der Waals surface area contributed by atoms with Crippen LogP contribution < -0.4 is 11.1 Å². The van der Waals surface area contributed by atoms with Gasteiger partial charge < -0.3 is 14.6 Å². The number of benzene rings is 2. The number of hydrogen-bond donors (Lipinski definition) is 1. The highest BCUT2D eigenvalue weighted by molar-refractivity contribution is 5.97. The third-order valence-corrected chi connectivity index (χ3v) is 5.60. The maximum atomic E-state index is 13.4. The van der Waals surface area contributed by atoms with Crippen LogP contribution in [0.15, 0.2) is 51.7 Å². The van der Waals surface area contributed by atoms with Gasteiger partial charge in [0.15, 0.2) is 5.58 Å². The van der Waals surface area contributed by atoms with Crippen LogP contribution >= 0.6 is 0 Å². The summed E-state index contributed by atoms with van der Waals surface area (Å²) in [5, 5.41) is 2.51. The molecule has 1 unspecified atom stereocenters. The summed E-state index contributed by atoms with van der Waals surface area (Å²) in [6, 6.07) is 9.15. The number of nitrogens with one attached hydrogen (secondary N) is 1. The van der Waals surface area contributed by atoms with Crippen LogP contribution in [-0.2, 0) is 16.1 Å². The summed E-state index contributed by atoms with van der Waals surface area (Å²) in [4.78, 5) is 39.2. The quantitative estimate of drug-likeness (QED) is 0.630. The monoisotopic (exact) mass is 443 g/mol. The molecule has 4 rings (SSSR count). The van der Waals surface area contributed by atoms with Crippen LogP contribution in [0.1, 0.15) is 32.1 Å². The molecule has 0 aliphatic carbocycles. The Balaban J connectivity index is 1.39. The first-order valence-corrected chi connectivity index (χ1v) is 10.6. The molecular formula is C23H23F2N3O4. The molecule has 32 heavy (non-hydrogen) atoms. The second kappa shape index (κ2) is 9.33. The molecular weight excluding hydrogens is 420 g/mol. The number of aryl methyl sites for hydroxylation is 1. The van der Waals surface area contributed by atoms with Gasteiger partial charge in [-0.15, -0.1) is 0 Å². The number of anilines is 1. The van der Waals surface area contributed by atoms with Crippen LogP contribution in [0, 0.1) is 11.6 Å². The molecule has 168 valence electrons. The number of amides is 2. The molecule has 1 aliphatic heterocycles. The lowest BCUT2D eigenvalue weighted by Crippen LogP contribution is -2.50. The number of aromatic nitrogens is 1. The standard InChI is InChI=1S/C23H23F2N3O4/c24-15-12-16(25)14-17(13-15)26-22(30)19-7-3-4-10-27(19)21(29)9-5-11-28-18-6-1-2-8-20(18)32-23(28)31/h1-2,6,8,12-14,19H,3-5,7,9-11H2,(H,26,30). The van der Waals surface area contributed by atoms with Gasteiger partial charge >= 0.3 is 5.76 Å². The summed E-state index contributed by atoms with van der Waals surface area (Å²) in [6.45, 7) is 0.748. The third kappa shape index (κ3) is 4.71. The van der Waals surface area contributed by atoms with Gasteiger partial charge in [0.2, 0.25) is 11.8 Å². The van der Waals surface area contributed by atoms with E-state index in [9.17, 15) is 23.2 Å². The van der Waals surface area contributed by atoms with Crippen molar-refractivity contribution in [3.05, 3.63) is 64.6 Å². The highest BCUT2D eigenvalue weighted by Gasteiger charge is 2.32. The fourth-order valence-electron chi connectivity index (χ4n) is 4.11. The first-order chi connectivity index (χ1) is 15.4. The van der Waals surface area contributed by atoms with Gasteiger partial charge in [-0.25, -0.2) is 13.6 Å². The van der Waals surface area contributed by atoms with E-state index in [0.717, 1.165) is 31.0 Å². The van der Waals surface area contributed by atoms with E-state index in [4.69, 9.17) is 4.42 Å². The van der Waals surface area contributed by atoms with Gasteiger partial charge in [-0.05, 0) is 49.9 Å². The average Bonchev–Trinajstić information content (AvgIpc) is 3.08. The molecule has 0 saturated carbocycles. The number of rotatable bonds is 6. The van der Waals surface area contributed by atoms with Crippen LogP contribution in [0.4, 0.5) is 14.5 Å². The van der Waals surface area contributed by atoms with Gasteiger partial charge in [0.1, 0.15) is 17.7 Å². The number of fused-ring (bicyclic) bond motifs is 1. The fraction of sp³-hybridized carbons (Fsp3) is 0.348. The minimum atomic E-state index is -0.793. The molecule has 7 nitrogen and oxygen atoms in total. The SMILES string of the molecule is O=C(Nc1cc(F)cc(F)c1)C1CCCCN1C(=O)CCCn1c(=O)oc2ccccc21. The van der Waals surface area contributed by atoms with Crippen molar-refractivity contribution in [3.63, 3.8) is 0 Å². The first-order valence-electron chi connectivity index (χ1n) is 10.6. The van der Waals surface area contributed by atoms with Crippen molar-refractivity contribution in [2.45, 2.75) is 44.7 Å². The van der Waals surface area contributed by atoms with Gasteiger partial charge in [-0.1, -0.05) is 12.1 Å². The Bertz CT molecular complexity index is 1180. The number of nitrogens with zero attached hydrogens (tertiary/aromatic N) is 2. The second-order valence-corrected chi connectivity index (χ2v) is 7.84. The molecule has 0 radical (unpaired) electrons. The lowest BCUT2D eigenvalue weighted by Gasteiger charge is -2.34. The van der Waals surface area contributed by atoms with Crippen LogP contribution in [0.3, 0.4) is 0 Å². The fourth-order valence-corrected chi connectivity index (χ4v) is 4.11. The Labute approximate surface area is 182 Å². The first kappa shape index (κ1) is 21.7. The summed E-state index contributed by atoms with van der Waals surface area (Å²) in [6.07, 6.45) is 2.58. The maximum Gasteiger partial charge on any atom is 0.419 e. The number of halogens is 2. The predicted molar refractivity (Wildman–Crippen MR) is 114 cm³/mol. The number of para-hydroxylation sites is 2. The predicted octanol–water partition coefficient (Wildman–Crippen LogP) is 3.67. The zero-order valence-electron chi connectivity index (χ0n) is 17.4. The van der Waals surface area contributed by atoms with Gasteiger partial charge in [0.25, 0.3) is 0 Å². The molecule has 3 aromatic rings. The zero-order chi connectivity index (χ0) is 22.7. The van der Waals surface area contributed by atoms with E-state index in [0.29, 0.717) is 37.0 Å². The Hall–Kier alpha value is -3.49. The largest absolute Gasteiger partial charge is 0.419 e. The van der Waals surface area contributed by atoms with Gasteiger partial charge in [-0.2, -0.15) is 0 Å². The number of likely N-dealkylation sites (tertiary alicyclic amines) is 1. The molecule has 1 fully saturated rings. The molecule has 2 aromatic carbocycles. The smallest absolute Gasteiger partial charge is 0.408 e. The Kier molecular flexibility index (Phi) is 6.34. The zero-order valence-corrected chi connectivity index (χ0v) is 17.4. The Morgan fingerprint density at radius 3 is 2.62 bits per heavy atom. The van der Waals surface area contributed by atoms with Crippen molar-refractivity contribution in [2.75, 3.05) is 11.9 Å². The minimum absolute atomic E-state index is 0.0108. The van der Waals surface area contributed by atoms with Crippen molar-refractivity contribution in [2.24, 2.45) is 0 Å².